The van der Waals surface area contributed by atoms with Crippen molar-refractivity contribution in [3.05, 3.63) is 144 Å². The molecule has 0 aromatic heterocycles. The number of benzene rings is 4. The third kappa shape index (κ3) is 3.55. The second kappa shape index (κ2) is 9.59. The predicted molar refractivity (Wildman–Crippen MR) is 164 cm³/mol. The number of hydrogen-bond donors (Lipinski definition) is 0. The Morgan fingerprint density at radius 2 is 0.786 bits per heavy atom. The SMILES string of the molecule is O=C(OC12CCC(C1)CC2(c1ccccc1)c1ccccc1)OC12CCC(C1)CC2(c1ccccc1)c1ccccc1. The summed E-state index contributed by atoms with van der Waals surface area (Å²) < 4.78 is 13.7. The molecule has 4 aliphatic rings. The number of hydrogen-bond acceptors (Lipinski definition) is 3. The average Bonchev–Trinajstić information content (AvgIpc) is 3.80. The third-order valence-electron chi connectivity index (χ3n) is 11.5. The molecule has 0 heterocycles. The molecule has 4 saturated carbocycles. The molecule has 4 aromatic carbocycles. The highest BCUT2D eigenvalue weighted by Gasteiger charge is 2.68. The molecule has 4 bridgehead atoms. The largest absolute Gasteiger partial charge is 0.509 e. The fourth-order valence-corrected chi connectivity index (χ4v) is 10.0. The minimum Gasteiger partial charge on any atom is -0.426 e. The van der Waals surface area contributed by atoms with Crippen molar-refractivity contribution in [3.8, 4) is 0 Å². The van der Waals surface area contributed by atoms with E-state index in [9.17, 15) is 4.79 Å². The molecule has 4 aliphatic carbocycles. The van der Waals surface area contributed by atoms with Gasteiger partial charge in [0, 0.05) is 0 Å². The molecule has 4 fully saturated rings. The van der Waals surface area contributed by atoms with Gasteiger partial charge < -0.3 is 9.47 Å². The van der Waals surface area contributed by atoms with Crippen LogP contribution >= 0.6 is 0 Å². The summed E-state index contributed by atoms with van der Waals surface area (Å²) in [4.78, 5) is 14.4. The van der Waals surface area contributed by atoms with E-state index in [4.69, 9.17) is 9.47 Å². The van der Waals surface area contributed by atoms with Crippen molar-refractivity contribution in [2.24, 2.45) is 11.8 Å². The van der Waals surface area contributed by atoms with Crippen LogP contribution in [0.4, 0.5) is 4.79 Å². The van der Waals surface area contributed by atoms with Crippen molar-refractivity contribution in [1.29, 1.82) is 0 Å². The molecule has 212 valence electrons. The lowest BCUT2D eigenvalue weighted by Gasteiger charge is -2.49. The smallest absolute Gasteiger partial charge is 0.426 e. The van der Waals surface area contributed by atoms with Crippen molar-refractivity contribution in [3.63, 3.8) is 0 Å². The van der Waals surface area contributed by atoms with Crippen LogP contribution in [0.1, 0.15) is 73.6 Å². The molecule has 3 heteroatoms. The Hall–Kier alpha value is -3.85. The van der Waals surface area contributed by atoms with Crippen LogP contribution in [0.2, 0.25) is 0 Å². The Morgan fingerprint density at radius 3 is 1.07 bits per heavy atom. The average molecular weight is 555 g/mol. The van der Waals surface area contributed by atoms with E-state index in [1.165, 1.54) is 22.3 Å². The minimum absolute atomic E-state index is 0.390. The van der Waals surface area contributed by atoms with Crippen LogP contribution in [0, 0.1) is 11.8 Å². The molecule has 42 heavy (non-hydrogen) atoms. The van der Waals surface area contributed by atoms with E-state index in [1.807, 2.05) is 0 Å². The summed E-state index contributed by atoms with van der Waals surface area (Å²) in [5.74, 6) is 1.04. The highest BCUT2D eigenvalue weighted by atomic mass is 16.7. The van der Waals surface area contributed by atoms with Gasteiger partial charge in [0.2, 0.25) is 0 Å². The van der Waals surface area contributed by atoms with Crippen molar-refractivity contribution in [2.75, 3.05) is 0 Å². The van der Waals surface area contributed by atoms with Gasteiger partial charge in [0.15, 0.2) is 0 Å². The zero-order chi connectivity index (χ0) is 28.3. The van der Waals surface area contributed by atoms with Gasteiger partial charge in [-0.1, -0.05) is 121 Å². The van der Waals surface area contributed by atoms with Crippen molar-refractivity contribution in [2.45, 2.75) is 73.4 Å². The molecule has 4 aromatic rings. The Bertz CT molecular complexity index is 1370. The second-order valence-electron chi connectivity index (χ2n) is 13.3. The molecule has 3 nitrogen and oxygen atoms in total. The molecule has 0 radical (unpaired) electrons. The quantitative estimate of drug-likeness (QED) is 0.223. The van der Waals surface area contributed by atoms with E-state index in [0.717, 1.165) is 51.4 Å². The van der Waals surface area contributed by atoms with Crippen LogP contribution in [-0.2, 0) is 20.3 Å². The van der Waals surface area contributed by atoms with Gasteiger partial charge in [-0.15, -0.1) is 0 Å². The summed E-state index contributed by atoms with van der Waals surface area (Å²) in [6.45, 7) is 0. The zero-order valence-electron chi connectivity index (χ0n) is 24.1. The maximum Gasteiger partial charge on any atom is 0.509 e. The van der Waals surface area contributed by atoms with E-state index < -0.39 is 17.4 Å². The first kappa shape index (κ1) is 25.8. The van der Waals surface area contributed by atoms with Crippen molar-refractivity contribution < 1.29 is 14.3 Å². The van der Waals surface area contributed by atoms with E-state index in [0.29, 0.717) is 11.8 Å². The normalized spacial score (nSPS) is 29.8. The minimum atomic E-state index is -0.632. The van der Waals surface area contributed by atoms with Gasteiger partial charge in [0.05, 0.1) is 10.8 Å². The van der Waals surface area contributed by atoms with Gasteiger partial charge in [-0.25, -0.2) is 4.79 Å². The van der Waals surface area contributed by atoms with E-state index in [2.05, 4.69) is 121 Å². The lowest BCUT2D eigenvalue weighted by Crippen LogP contribution is -2.55. The lowest BCUT2D eigenvalue weighted by molar-refractivity contribution is -0.107. The number of rotatable bonds is 6. The Balaban J connectivity index is 1.20. The molecule has 4 atom stereocenters. The molecule has 0 spiro atoms. The van der Waals surface area contributed by atoms with Gasteiger partial charge in [-0.2, -0.15) is 0 Å². The monoisotopic (exact) mass is 554 g/mol. The van der Waals surface area contributed by atoms with Crippen molar-refractivity contribution >= 4 is 6.16 Å². The molecule has 0 aliphatic heterocycles. The number of fused-ring (bicyclic) bond motifs is 4. The topological polar surface area (TPSA) is 35.5 Å². The summed E-state index contributed by atoms with van der Waals surface area (Å²) in [7, 11) is 0. The molecule has 0 saturated heterocycles. The lowest BCUT2D eigenvalue weighted by atomic mass is 9.61. The van der Waals surface area contributed by atoms with Crippen LogP contribution in [0.5, 0.6) is 0 Å². The first-order valence-corrected chi connectivity index (χ1v) is 15.7. The summed E-state index contributed by atoms with van der Waals surface area (Å²) in [5, 5.41) is 0. The van der Waals surface area contributed by atoms with Gasteiger partial charge in [-0.3, -0.25) is 0 Å². The summed E-state index contributed by atoms with van der Waals surface area (Å²) >= 11 is 0. The zero-order valence-corrected chi connectivity index (χ0v) is 24.1. The number of carbonyl (C=O) groups excluding carboxylic acids is 1. The van der Waals surface area contributed by atoms with Gasteiger partial charge in [0.1, 0.15) is 11.2 Å². The third-order valence-corrected chi connectivity index (χ3v) is 11.5. The highest BCUT2D eigenvalue weighted by molar-refractivity contribution is 5.65. The summed E-state index contributed by atoms with van der Waals surface area (Å²) in [6.07, 6.45) is 7.11. The standard InChI is InChI=1S/C39H38O3/c40-35(41-36-23-21-29(25-36)27-38(36,31-13-5-1-6-14-31)32-15-7-2-8-16-32)42-37-24-22-30(26-37)28-39(37,33-17-9-3-10-18-33)34-19-11-4-12-20-34/h1-20,29-30H,21-28H2. The first-order chi connectivity index (χ1) is 20.6. The summed E-state index contributed by atoms with van der Waals surface area (Å²) in [5.41, 5.74) is 2.88. The molecule has 4 unspecified atom stereocenters. The van der Waals surface area contributed by atoms with Crippen LogP contribution < -0.4 is 0 Å². The fourth-order valence-electron chi connectivity index (χ4n) is 10.0. The van der Waals surface area contributed by atoms with Crippen LogP contribution in [0.25, 0.3) is 0 Å². The molecular formula is C39H38O3. The Kier molecular flexibility index (Phi) is 5.90. The van der Waals surface area contributed by atoms with Crippen molar-refractivity contribution in [1.82, 2.24) is 0 Å². The van der Waals surface area contributed by atoms with E-state index in [-0.39, 0.29) is 10.8 Å². The van der Waals surface area contributed by atoms with Gasteiger partial charge in [0.25, 0.3) is 0 Å². The Labute approximate surface area is 248 Å². The first-order valence-electron chi connectivity index (χ1n) is 15.7. The predicted octanol–water partition coefficient (Wildman–Crippen LogP) is 9.00. The number of ether oxygens (including phenoxy) is 2. The number of carbonyl (C=O) groups is 1. The van der Waals surface area contributed by atoms with Crippen LogP contribution in [0.15, 0.2) is 121 Å². The summed E-state index contributed by atoms with van der Waals surface area (Å²) in [6, 6.07) is 42.9. The highest BCUT2D eigenvalue weighted by Crippen LogP contribution is 2.66. The molecular weight excluding hydrogens is 516 g/mol. The molecule has 0 N–H and O–H groups in total. The second-order valence-corrected chi connectivity index (χ2v) is 13.3. The van der Waals surface area contributed by atoms with Crippen LogP contribution in [-0.4, -0.2) is 17.4 Å². The fraction of sp³-hybridized carbons (Fsp3) is 0.359. The Morgan fingerprint density at radius 1 is 0.476 bits per heavy atom. The maximum atomic E-state index is 14.4. The van der Waals surface area contributed by atoms with Gasteiger partial charge >= 0.3 is 6.16 Å². The molecule has 8 rings (SSSR count). The van der Waals surface area contributed by atoms with Gasteiger partial charge in [-0.05, 0) is 85.5 Å². The van der Waals surface area contributed by atoms with Crippen LogP contribution in [0.3, 0.4) is 0 Å². The maximum absolute atomic E-state index is 14.4. The van der Waals surface area contributed by atoms with E-state index >= 15 is 0 Å². The molecule has 0 amide bonds. The van der Waals surface area contributed by atoms with E-state index in [1.54, 1.807) is 0 Å².